The van der Waals surface area contributed by atoms with E-state index in [1.807, 2.05) is 61.5 Å². The Hall–Kier alpha value is -2.12. The van der Waals surface area contributed by atoms with Crippen LogP contribution in [-0.2, 0) is 4.79 Å². The number of carbonyl (C=O) groups is 1. The van der Waals surface area contributed by atoms with Crippen molar-refractivity contribution in [3.05, 3.63) is 59.1 Å². The lowest BCUT2D eigenvalue weighted by Crippen LogP contribution is -2.32. The number of aromatic nitrogens is 2. The van der Waals surface area contributed by atoms with E-state index < -0.39 is 0 Å². The van der Waals surface area contributed by atoms with E-state index in [9.17, 15) is 4.79 Å². The summed E-state index contributed by atoms with van der Waals surface area (Å²) < 4.78 is 6.54. The zero-order chi connectivity index (χ0) is 17.6. The standard InChI is InChI=1S/C18H16BrN3O2S/c1-2-22(13-8-4-3-5-9-13)16(23)12-25-18-21-20-17(24-18)14-10-6-7-11-15(14)19/h3-11H,2,12H2,1H3. The molecule has 0 bridgehead atoms. The molecule has 3 rings (SSSR count). The lowest BCUT2D eigenvalue weighted by Gasteiger charge is -2.20. The molecule has 0 spiro atoms. The first kappa shape index (κ1) is 17.7. The van der Waals surface area contributed by atoms with Gasteiger partial charge in [0.25, 0.3) is 5.22 Å². The van der Waals surface area contributed by atoms with Crippen molar-refractivity contribution in [1.82, 2.24) is 10.2 Å². The number of thioether (sulfide) groups is 1. The summed E-state index contributed by atoms with van der Waals surface area (Å²) in [7, 11) is 0. The molecule has 1 aromatic heterocycles. The molecule has 0 saturated heterocycles. The quantitative estimate of drug-likeness (QED) is 0.546. The van der Waals surface area contributed by atoms with Gasteiger partial charge in [-0.3, -0.25) is 4.79 Å². The molecule has 1 amide bonds. The predicted octanol–water partition coefficient (Wildman–Crippen LogP) is 4.64. The van der Waals surface area contributed by atoms with Crippen molar-refractivity contribution in [1.29, 1.82) is 0 Å². The van der Waals surface area contributed by atoms with Crippen molar-refractivity contribution >= 4 is 39.3 Å². The molecule has 0 N–H and O–H groups in total. The summed E-state index contributed by atoms with van der Waals surface area (Å²) in [5.74, 6) is 0.664. The maximum Gasteiger partial charge on any atom is 0.277 e. The number of para-hydroxylation sites is 1. The van der Waals surface area contributed by atoms with Crippen LogP contribution in [0.4, 0.5) is 5.69 Å². The van der Waals surface area contributed by atoms with Crippen LogP contribution in [0.15, 0.2) is 68.7 Å². The lowest BCUT2D eigenvalue weighted by atomic mass is 10.2. The number of halogens is 1. The summed E-state index contributed by atoms with van der Waals surface area (Å²) in [5.41, 5.74) is 1.71. The largest absolute Gasteiger partial charge is 0.411 e. The second-order valence-corrected chi connectivity index (χ2v) is 6.90. The van der Waals surface area contributed by atoms with E-state index in [1.165, 1.54) is 11.8 Å². The van der Waals surface area contributed by atoms with E-state index in [0.29, 0.717) is 17.7 Å². The summed E-state index contributed by atoms with van der Waals surface area (Å²) in [5, 5.41) is 8.45. The Morgan fingerprint density at radius 3 is 2.56 bits per heavy atom. The SMILES string of the molecule is CCN(C(=O)CSc1nnc(-c2ccccc2Br)o1)c1ccccc1. The molecule has 0 aliphatic rings. The average Bonchev–Trinajstić information content (AvgIpc) is 3.11. The van der Waals surface area contributed by atoms with Crippen LogP contribution in [0.5, 0.6) is 0 Å². The lowest BCUT2D eigenvalue weighted by molar-refractivity contribution is -0.116. The number of carbonyl (C=O) groups excluding carboxylic acids is 1. The minimum absolute atomic E-state index is 0.000610. The van der Waals surface area contributed by atoms with Crippen LogP contribution >= 0.6 is 27.7 Å². The first-order valence-electron chi connectivity index (χ1n) is 7.75. The van der Waals surface area contributed by atoms with E-state index >= 15 is 0 Å². The molecule has 5 nitrogen and oxygen atoms in total. The summed E-state index contributed by atoms with van der Waals surface area (Å²) >= 11 is 4.70. The highest BCUT2D eigenvalue weighted by Crippen LogP contribution is 2.29. The van der Waals surface area contributed by atoms with Crippen molar-refractivity contribution in [3.8, 4) is 11.5 Å². The van der Waals surface area contributed by atoms with Gasteiger partial charge in [-0.05, 0) is 47.1 Å². The van der Waals surface area contributed by atoms with Gasteiger partial charge in [0.15, 0.2) is 0 Å². The number of hydrogen-bond donors (Lipinski definition) is 0. The number of nitrogens with zero attached hydrogens (tertiary/aromatic N) is 3. The Balaban J connectivity index is 1.66. The van der Waals surface area contributed by atoms with Crippen molar-refractivity contribution in [2.24, 2.45) is 0 Å². The molecule has 0 aliphatic carbocycles. The molecule has 0 radical (unpaired) electrons. The van der Waals surface area contributed by atoms with Crippen molar-refractivity contribution in [3.63, 3.8) is 0 Å². The van der Waals surface area contributed by atoms with Crippen LogP contribution in [0.25, 0.3) is 11.5 Å². The summed E-state index contributed by atoms with van der Waals surface area (Å²) in [6.45, 7) is 2.56. The molecule has 128 valence electrons. The fourth-order valence-corrected chi connectivity index (χ4v) is 3.42. The van der Waals surface area contributed by atoms with Gasteiger partial charge in [-0.2, -0.15) is 0 Å². The molecule has 0 atom stereocenters. The normalized spacial score (nSPS) is 10.6. The van der Waals surface area contributed by atoms with E-state index in [2.05, 4.69) is 26.1 Å². The molecule has 25 heavy (non-hydrogen) atoms. The number of rotatable bonds is 6. The topological polar surface area (TPSA) is 59.2 Å². The maximum absolute atomic E-state index is 12.5. The summed E-state index contributed by atoms with van der Waals surface area (Å²) in [4.78, 5) is 14.2. The highest BCUT2D eigenvalue weighted by molar-refractivity contribution is 9.10. The number of hydrogen-bond acceptors (Lipinski definition) is 5. The summed E-state index contributed by atoms with van der Waals surface area (Å²) in [6, 6.07) is 17.2. The van der Waals surface area contributed by atoms with Crippen LogP contribution in [0.3, 0.4) is 0 Å². The Labute approximate surface area is 158 Å². The van der Waals surface area contributed by atoms with E-state index in [4.69, 9.17) is 4.42 Å². The Bertz CT molecular complexity index is 854. The average molecular weight is 418 g/mol. The molecule has 2 aromatic carbocycles. The van der Waals surface area contributed by atoms with Gasteiger partial charge in [-0.1, -0.05) is 42.1 Å². The monoisotopic (exact) mass is 417 g/mol. The zero-order valence-electron chi connectivity index (χ0n) is 13.6. The van der Waals surface area contributed by atoms with Gasteiger partial charge in [-0.15, -0.1) is 10.2 Å². The fourth-order valence-electron chi connectivity index (χ4n) is 2.32. The summed E-state index contributed by atoms with van der Waals surface area (Å²) in [6.07, 6.45) is 0. The van der Waals surface area contributed by atoms with E-state index in [1.54, 1.807) is 4.90 Å². The van der Waals surface area contributed by atoms with Gasteiger partial charge in [-0.25, -0.2) is 0 Å². The number of anilines is 1. The van der Waals surface area contributed by atoms with Crippen molar-refractivity contribution in [2.75, 3.05) is 17.2 Å². The Morgan fingerprint density at radius 2 is 1.84 bits per heavy atom. The maximum atomic E-state index is 12.5. The van der Waals surface area contributed by atoms with Crippen LogP contribution in [0.1, 0.15) is 6.92 Å². The molecule has 0 unspecified atom stereocenters. The predicted molar refractivity (Wildman–Crippen MR) is 103 cm³/mol. The first-order chi connectivity index (χ1) is 12.2. The molecular weight excluding hydrogens is 402 g/mol. The number of benzene rings is 2. The molecule has 7 heteroatoms. The third-order valence-electron chi connectivity index (χ3n) is 3.51. The third kappa shape index (κ3) is 4.29. The third-order valence-corrected chi connectivity index (χ3v) is 5.01. The van der Waals surface area contributed by atoms with Gasteiger partial charge < -0.3 is 9.32 Å². The molecule has 0 fully saturated rings. The Kier molecular flexibility index (Phi) is 5.88. The van der Waals surface area contributed by atoms with Gasteiger partial charge in [0.2, 0.25) is 11.8 Å². The van der Waals surface area contributed by atoms with E-state index in [0.717, 1.165) is 15.7 Å². The van der Waals surface area contributed by atoms with Gasteiger partial charge >= 0.3 is 0 Å². The van der Waals surface area contributed by atoms with Crippen molar-refractivity contribution < 1.29 is 9.21 Å². The van der Waals surface area contributed by atoms with Crippen LogP contribution in [0.2, 0.25) is 0 Å². The number of amides is 1. The molecule has 0 saturated carbocycles. The molecular formula is C18H16BrN3O2S. The molecule has 0 aliphatic heterocycles. The second kappa shape index (κ2) is 8.31. The van der Waals surface area contributed by atoms with Crippen molar-refractivity contribution in [2.45, 2.75) is 12.1 Å². The minimum atomic E-state index is -0.000610. The van der Waals surface area contributed by atoms with Crippen LogP contribution in [-0.4, -0.2) is 28.4 Å². The minimum Gasteiger partial charge on any atom is -0.411 e. The van der Waals surface area contributed by atoms with Crippen LogP contribution in [0, 0.1) is 0 Å². The first-order valence-corrected chi connectivity index (χ1v) is 9.53. The molecule has 3 aromatic rings. The van der Waals surface area contributed by atoms with Gasteiger partial charge in [0.05, 0.1) is 11.3 Å². The van der Waals surface area contributed by atoms with Gasteiger partial charge in [0.1, 0.15) is 0 Å². The highest BCUT2D eigenvalue weighted by Gasteiger charge is 2.17. The van der Waals surface area contributed by atoms with Crippen LogP contribution < -0.4 is 4.90 Å². The molecule has 1 heterocycles. The smallest absolute Gasteiger partial charge is 0.277 e. The highest BCUT2D eigenvalue weighted by atomic mass is 79.9. The second-order valence-electron chi connectivity index (χ2n) is 5.12. The fraction of sp³-hybridized carbons (Fsp3) is 0.167. The Morgan fingerprint density at radius 1 is 1.12 bits per heavy atom. The van der Waals surface area contributed by atoms with E-state index in [-0.39, 0.29) is 11.7 Å². The van der Waals surface area contributed by atoms with Gasteiger partial charge in [0, 0.05) is 16.7 Å². The zero-order valence-corrected chi connectivity index (χ0v) is 16.0.